The quantitative estimate of drug-likeness (QED) is 0.809. The van der Waals surface area contributed by atoms with Gasteiger partial charge in [0, 0.05) is 43.2 Å². The highest BCUT2D eigenvalue weighted by molar-refractivity contribution is 5.95. The van der Waals surface area contributed by atoms with E-state index in [9.17, 15) is 9.59 Å². The van der Waals surface area contributed by atoms with Crippen molar-refractivity contribution in [1.29, 1.82) is 0 Å². The number of nitrogens with zero attached hydrogens (tertiary/aromatic N) is 3. The largest absolute Gasteiger partial charge is 0.369 e. The number of benzene rings is 1. The van der Waals surface area contributed by atoms with Crippen molar-refractivity contribution in [3.63, 3.8) is 0 Å². The first-order valence-corrected chi connectivity index (χ1v) is 8.81. The SMILES string of the molecule is NC(=O)[C@@H]1CCCN(CCNC(=O)c2cccc(-c3ncccn3)c2)C1. The van der Waals surface area contributed by atoms with Crippen molar-refractivity contribution in [2.45, 2.75) is 12.8 Å². The fourth-order valence-electron chi connectivity index (χ4n) is 3.17. The van der Waals surface area contributed by atoms with E-state index in [1.165, 1.54) is 0 Å². The Labute approximate surface area is 152 Å². The summed E-state index contributed by atoms with van der Waals surface area (Å²) in [6, 6.07) is 9.01. The summed E-state index contributed by atoms with van der Waals surface area (Å²) in [5.74, 6) is 0.139. The highest BCUT2D eigenvalue weighted by Crippen LogP contribution is 2.16. The third kappa shape index (κ3) is 4.64. The predicted octanol–water partition coefficient (Wildman–Crippen LogP) is 1.07. The van der Waals surface area contributed by atoms with E-state index in [0.717, 1.165) is 24.9 Å². The Balaban J connectivity index is 1.53. The number of nitrogens with two attached hydrogens (primary N) is 1. The lowest BCUT2D eigenvalue weighted by Crippen LogP contribution is -2.44. The van der Waals surface area contributed by atoms with Crippen LogP contribution < -0.4 is 11.1 Å². The molecule has 1 aromatic heterocycles. The zero-order valence-corrected chi connectivity index (χ0v) is 14.6. The van der Waals surface area contributed by atoms with Gasteiger partial charge in [0.05, 0.1) is 5.92 Å². The predicted molar refractivity (Wildman–Crippen MR) is 98.2 cm³/mol. The van der Waals surface area contributed by atoms with Gasteiger partial charge in [0.25, 0.3) is 5.91 Å². The number of piperidine rings is 1. The molecule has 26 heavy (non-hydrogen) atoms. The van der Waals surface area contributed by atoms with Crippen molar-refractivity contribution in [1.82, 2.24) is 20.2 Å². The summed E-state index contributed by atoms with van der Waals surface area (Å²) in [7, 11) is 0. The van der Waals surface area contributed by atoms with E-state index >= 15 is 0 Å². The summed E-state index contributed by atoms with van der Waals surface area (Å²) >= 11 is 0. The van der Waals surface area contributed by atoms with Gasteiger partial charge in [-0.15, -0.1) is 0 Å². The maximum absolute atomic E-state index is 12.4. The van der Waals surface area contributed by atoms with Crippen LogP contribution in [0.1, 0.15) is 23.2 Å². The molecule has 1 aliphatic rings. The van der Waals surface area contributed by atoms with Crippen LogP contribution in [0.2, 0.25) is 0 Å². The van der Waals surface area contributed by atoms with Crippen molar-refractivity contribution in [3.05, 3.63) is 48.3 Å². The smallest absolute Gasteiger partial charge is 0.251 e. The van der Waals surface area contributed by atoms with Gasteiger partial charge in [-0.1, -0.05) is 12.1 Å². The molecule has 1 saturated heterocycles. The van der Waals surface area contributed by atoms with E-state index in [-0.39, 0.29) is 17.7 Å². The number of hydrogen-bond donors (Lipinski definition) is 2. The number of carbonyl (C=O) groups excluding carboxylic acids is 2. The number of rotatable bonds is 6. The summed E-state index contributed by atoms with van der Waals surface area (Å²) in [6.45, 7) is 2.83. The highest BCUT2D eigenvalue weighted by atomic mass is 16.2. The Morgan fingerprint density at radius 3 is 2.81 bits per heavy atom. The second kappa shape index (κ2) is 8.53. The average molecular weight is 353 g/mol. The minimum atomic E-state index is -0.237. The Kier molecular flexibility index (Phi) is 5.91. The Morgan fingerprint density at radius 2 is 2.04 bits per heavy atom. The molecule has 0 aliphatic carbocycles. The van der Waals surface area contributed by atoms with Crippen molar-refractivity contribution in [2.24, 2.45) is 11.7 Å². The molecule has 0 bridgehead atoms. The monoisotopic (exact) mass is 353 g/mol. The second-order valence-corrected chi connectivity index (χ2v) is 6.45. The summed E-state index contributed by atoms with van der Waals surface area (Å²) in [4.78, 5) is 34.3. The van der Waals surface area contributed by atoms with Gasteiger partial charge in [0.15, 0.2) is 5.82 Å². The summed E-state index contributed by atoms with van der Waals surface area (Å²) in [5.41, 5.74) is 6.78. The average Bonchev–Trinajstić information content (AvgIpc) is 2.69. The molecule has 1 fully saturated rings. The minimum Gasteiger partial charge on any atom is -0.369 e. The molecule has 1 aliphatic heterocycles. The zero-order chi connectivity index (χ0) is 18.4. The molecule has 136 valence electrons. The molecule has 1 aromatic carbocycles. The zero-order valence-electron chi connectivity index (χ0n) is 14.6. The molecule has 0 radical (unpaired) electrons. The molecule has 0 saturated carbocycles. The van der Waals surface area contributed by atoms with Crippen LogP contribution in [0, 0.1) is 5.92 Å². The van der Waals surface area contributed by atoms with Gasteiger partial charge in [-0.2, -0.15) is 0 Å². The fraction of sp³-hybridized carbons (Fsp3) is 0.368. The molecule has 3 N–H and O–H groups in total. The molecule has 7 heteroatoms. The number of amides is 2. The lowest BCUT2D eigenvalue weighted by molar-refractivity contribution is -0.123. The number of primary amides is 1. The van der Waals surface area contributed by atoms with E-state index in [2.05, 4.69) is 20.2 Å². The number of hydrogen-bond acceptors (Lipinski definition) is 5. The molecule has 2 aromatic rings. The molecule has 0 unspecified atom stereocenters. The Morgan fingerprint density at radius 1 is 1.23 bits per heavy atom. The number of aromatic nitrogens is 2. The molecule has 3 rings (SSSR count). The van der Waals surface area contributed by atoms with Gasteiger partial charge in [0.2, 0.25) is 5.91 Å². The molecule has 0 spiro atoms. The van der Waals surface area contributed by atoms with Crippen molar-refractivity contribution in [2.75, 3.05) is 26.2 Å². The van der Waals surface area contributed by atoms with Gasteiger partial charge in [0.1, 0.15) is 0 Å². The van der Waals surface area contributed by atoms with E-state index in [1.807, 2.05) is 12.1 Å². The third-order valence-electron chi connectivity index (χ3n) is 4.57. The molecule has 2 amide bonds. The number of nitrogens with one attached hydrogen (secondary N) is 1. The van der Waals surface area contributed by atoms with Crippen LogP contribution in [0.5, 0.6) is 0 Å². The van der Waals surface area contributed by atoms with Crippen molar-refractivity contribution in [3.8, 4) is 11.4 Å². The molecule has 2 heterocycles. The van der Waals surface area contributed by atoms with E-state index < -0.39 is 0 Å². The maximum Gasteiger partial charge on any atom is 0.251 e. The normalized spacial score (nSPS) is 17.6. The van der Waals surface area contributed by atoms with Gasteiger partial charge in [-0.25, -0.2) is 9.97 Å². The van der Waals surface area contributed by atoms with Crippen molar-refractivity contribution >= 4 is 11.8 Å². The first-order chi connectivity index (χ1) is 12.6. The second-order valence-electron chi connectivity index (χ2n) is 6.45. The Hall–Kier alpha value is -2.80. The van der Waals surface area contributed by atoms with Crippen molar-refractivity contribution < 1.29 is 9.59 Å². The maximum atomic E-state index is 12.4. The lowest BCUT2D eigenvalue weighted by atomic mass is 9.97. The van der Waals surface area contributed by atoms with Crippen LogP contribution in [-0.2, 0) is 4.79 Å². The Bertz CT molecular complexity index is 766. The van der Waals surface area contributed by atoms with Crippen LogP contribution in [0.4, 0.5) is 0 Å². The van der Waals surface area contributed by atoms with Gasteiger partial charge >= 0.3 is 0 Å². The van der Waals surface area contributed by atoms with E-state index in [0.29, 0.717) is 31.0 Å². The van der Waals surface area contributed by atoms with Crippen LogP contribution in [-0.4, -0.2) is 52.9 Å². The first kappa shape index (κ1) is 18.0. The third-order valence-corrected chi connectivity index (χ3v) is 4.57. The van der Waals surface area contributed by atoms with Crippen LogP contribution in [0.15, 0.2) is 42.7 Å². The van der Waals surface area contributed by atoms with Gasteiger partial charge in [-0.05, 0) is 37.6 Å². The van der Waals surface area contributed by atoms with Gasteiger partial charge in [-0.3, -0.25) is 9.59 Å². The standard InChI is InChI=1S/C19H23N5O2/c20-17(25)16-6-2-10-24(13-16)11-9-23-19(26)15-5-1-4-14(12-15)18-21-7-3-8-22-18/h1,3-5,7-8,12,16H,2,6,9-11,13H2,(H2,20,25)(H,23,26)/t16-/m1/s1. The van der Waals surface area contributed by atoms with Crippen LogP contribution >= 0.6 is 0 Å². The number of likely N-dealkylation sites (tertiary alicyclic amines) is 1. The minimum absolute atomic E-state index is 0.0815. The fourth-order valence-corrected chi connectivity index (χ4v) is 3.17. The topological polar surface area (TPSA) is 101 Å². The summed E-state index contributed by atoms with van der Waals surface area (Å²) in [5, 5.41) is 2.93. The van der Waals surface area contributed by atoms with Gasteiger partial charge < -0.3 is 16.0 Å². The molecular weight excluding hydrogens is 330 g/mol. The number of carbonyl (C=O) groups is 2. The van der Waals surface area contributed by atoms with Crippen LogP contribution in [0.25, 0.3) is 11.4 Å². The summed E-state index contributed by atoms with van der Waals surface area (Å²) in [6.07, 6.45) is 5.16. The molecular formula is C19H23N5O2. The van der Waals surface area contributed by atoms with E-state index in [4.69, 9.17) is 5.73 Å². The molecule has 1 atom stereocenters. The summed E-state index contributed by atoms with van der Waals surface area (Å²) < 4.78 is 0. The molecule has 7 nitrogen and oxygen atoms in total. The van der Waals surface area contributed by atoms with Crippen LogP contribution in [0.3, 0.4) is 0 Å². The lowest BCUT2D eigenvalue weighted by Gasteiger charge is -2.31. The first-order valence-electron chi connectivity index (χ1n) is 8.81. The highest BCUT2D eigenvalue weighted by Gasteiger charge is 2.23. The van der Waals surface area contributed by atoms with E-state index in [1.54, 1.807) is 30.6 Å².